The van der Waals surface area contributed by atoms with E-state index in [4.69, 9.17) is 5.26 Å². The normalized spacial score (nSPS) is 10.9. The number of rotatable bonds is 5. The molecule has 2 aromatic rings. The summed E-state index contributed by atoms with van der Waals surface area (Å²) in [6.45, 7) is 0.592. The van der Waals surface area contributed by atoms with Gasteiger partial charge in [0.1, 0.15) is 11.8 Å². The zero-order valence-electron chi connectivity index (χ0n) is 11.8. The van der Waals surface area contributed by atoms with Crippen molar-refractivity contribution in [3.8, 4) is 6.07 Å². The zero-order chi connectivity index (χ0) is 15.5. The lowest BCUT2D eigenvalue weighted by Gasteiger charge is -2.07. The van der Waals surface area contributed by atoms with Gasteiger partial charge in [-0.1, -0.05) is 0 Å². The third-order valence-corrected chi connectivity index (χ3v) is 3.47. The van der Waals surface area contributed by atoms with Crippen molar-refractivity contribution in [1.82, 2.24) is 4.57 Å². The van der Waals surface area contributed by atoms with Crippen LogP contribution in [0.15, 0.2) is 36.5 Å². The first kappa shape index (κ1) is 14.9. The summed E-state index contributed by atoms with van der Waals surface area (Å²) < 4.78 is 26.4. The molecule has 0 saturated heterocycles. The van der Waals surface area contributed by atoms with Crippen molar-refractivity contribution < 1.29 is 8.42 Å². The number of hydrogen-bond donors (Lipinski definition) is 2. The monoisotopic (exact) mass is 304 g/mol. The van der Waals surface area contributed by atoms with E-state index in [-0.39, 0.29) is 0 Å². The first-order valence-corrected chi connectivity index (χ1v) is 8.13. The largest absolute Gasteiger partial charge is 0.381 e. The Morgan fingerprint density at radius 1 is 1.24 bits per heavy atom. The molecular formula is C14H16N4O2S. The molecule has 0 bridgehead atoms. The molecule has 0 aliphatic rings. The van der Waals surface area contributed by atoms with Crippen molar-refractivity contribution in [2.45, 2.75) is 6.54 Å². The third-order valence-electron chi connectivity index (χ3n) is 2.86. The van der Waals surface area contributed by atoms with E-state index in [1.165, 1.54) is 0 Å². The van der Waals surface area contributed by atoms with Gasteiger partial charge in [0.15, 0.2) is 0 Å². The van der Waals surface area contributed by atoms with Crippen LogP contribution in [0.25, 0.3) is 0 Å². The molecule has 7 heteroatoms. The highest BCUT2D eigenvalue weighted by molar-refractivity contribution is 7.92. The topological polar surface area (TPSA) is 86.9 Å². The fourth-order valence-electron chi connectivity index (χ4n) is 1.92. The van der Waals surface area contributed by atoms with Gasteiger partial charge in [0.25, 0.3) is 0 Å². The molecule has 2 N–H and O–H groups in total. The summed E-state index contributed by atoms with van der Waals surface area (Å²) in [6, 6.07) is 10.9. The minimum absolute atomic E-state index is 0.523. The number of sulfonamides is 1. The predicted molar refractivity (Wildman–Crippen MR) is 82.4 cm³/mol. The van der Waals surface area contributed by atoms with E-state index in [1.807, 2.05) is 19.3 Å². The van der Waals surface area contributed by atoms with Crippen molar-refractivity contribution >= 4 is 21.4 Å². The van der Waals surface area contributed by atoms with E-state index >= 15 is 0 Å². The van der Waals surface area contributed by atoms with Crippen molar-refractivity contribution in [3.05, 3.63) is 47.8 Å². The van der Waals surface area contributed by atoms with Gasteiger partial charge in [-0.05, 0) is 35.9 Å². The highest BCUT2D eigenvalue weighted by atomic mass is 32.2. The molecule has 0 saturated carbocycles. The van der Waals surface area contributed by atoms with Gasteiger partial charge in [0.2, 0.25) is 10.0 Å². The summed E-state index contributed by atoms with van der Waals surface area (Å²) in [5.41, 5.74) is 3.01. The second kappa shape index (κ2) is 5.89. The Kier molecular flexibility index (Phi) is 4.19. The van der Waals surface area contributed by atoms with Crippen LogP contribution in [0, 0.1) is 11.3 Å². The molecule has 0 aliphatic heterocycles. The molecule has 1 aromatic carbocycles. The van der Waals surface area contributed by atoms with Gasteiger partial charge in [-0.3, -0.25) is 4.72 Å². The standard InChI is InChI=1S/C14H16N4O2S/c1-18-10-11(7-14(18)8-15)9-16-12-3-5-13(6-4-12)17-21(2,19)20/h3-7,10,16-17H,9H2,1-2H3. The van der Waals surface area contributed by atoms with Gasteiger partial charge in [-0.25, -0.2) is 8.42 Å². The Bertz CT molecular complexity index is 770. The van der Waals surface area contributed by atoms with E-state index in [2.05, 4.69) is 16.1 Å². The van der Waals surface area contributed by atoms with Crippen molar-refractivity contribution in [1.29, 1.82) is 5.26 Å². The fourth-order valence-corrected chi connectivity index (χ4v) is 2.48. The quantitative estimate of drug-likeness (QED) is 0.883. The highest BCUT2D eigenvalue weighted by Gasteiger charge is 2.03. The zero-order valence-corrected chi connectivity index (χ0v) is 12.6. The second-order valence-electron chi connectivity index (χ2n) is 4.76. The molecule has 0 fully saturated rings. The van der Waals surface area contributed by atoms with Gasteiger partial charge in [-0.15, -0.1) is 0 Å². The lowest BCUT2D eigenvalue weighted by atomic mass is 10.2. The number of aromatic nitrogens is 1. The number of nitrogens with zero attached hydrogens (tertiary/aromatic N) is 2. The number of aryl methyl sites for hydroxylation is 1. The van der Waals surface area contributed by atoms with Gasteiger partial charge in [-0.2, -0.15) is 5.26 Å². The van der Waals surface area contributed by atoms with Gasteiger partial charge >= 0.3 is 0 Å². The Balaban J connectivity index is 1.99. The van der Waals surface area contributed by atoms with Gasteiger partial charge in [0.05, 0.1) is 6.26 Å². The van der Waals surface area contributed by atoms with Crippen LogP contribution in [0.3, 0.4) is 0 Å². The Hall–Kier alpha value is -2.46. The van der Waals surface area contributed by atoms with Crippen LogP contribution in [0.4, 0.5) is 11.4 Å². The average Bonchev–Trinajstić information content (AvgIpc) is 2.77. The minimum Gasteiger partial charge on any atom is -0.381 e. The van der Waals surface area contributed by atoms with Crippen molar-refractivity contribution in [2.75, 3.05) is 16.3 Å². The predicted octanol–water partition coefficient (Wildman–Crippen LogP) is 1.88. The summed E-state index contributed by atoms with van der Waals surface area (Å²) >= 11 is 0. The highest BCUT2D eigenvalue weighted by Crippen LogP contribution is 2.16. The van der Waals surface area contributed by atoms with E-state index in [9.17, 15) is 8.42 Å². The van der Waals surface area contributed by atoms with Gasteiger partial charge in [0, 0.05) is 31.2 Å². The van der Waals surface area contributed by atoms with E-state index in [1.54, 1.807) is 28.8 Å². The van der Waals surface area contributed by atoms with Crippen LogP contribution in [-0.4, -0.2) is 19.2 Å². The fraction of sp³-hybridized carbons (Fsp3) is 0.214. The Morgan fingerprint density at radius 3 is 2.38 bits per heavy atom. The molecule has 1 heterocycles. The third kappa shape index (κ3) is 4.26. The molecule has 0 aliphatic carbocycles. The summed E-state index contributed by atoms with van der Waals surface area (Å²) in [7, 11) is -1.43. The summed E-state index contributed by atoms with van der Waals surface area (Å²) in [5.74, 6) is 0. The average molecular weight is 304 g/mol. The van der Waals surface area contributed by atoms with Crippen molar-refractivity contribution in [2.24, 2.45) is 7.05 Å². The van der Waals surface area contributed by atoms with E-state index < -0.39 is 10.0 Å². The molecule has 2 rings (SSSR count). The Labute approximate surface area is 124 Å². The number of nitriles is 1. The van der Waals surface area contributed by atoms with Crippen LogP contribution < -0.4 is 10.0 Å². The maximum atomic E-state index is 11.1. The lowest BCUT2D eigenvalue weighted by molar-refractivity contribution is 0.607. The summed E-state index contributed by atoms with van der Waals surface area (Å²) in [5, 5.41) is 12.1. The lowest BCUT2D eigenvalue weighted by Crippen LogP contribution is -2.09. The Morgan fingerprint density at radius 2 is 1.86 bits per heavy atom. The van der Waals surface area contributed by atoms with Crippen LogP contribution in [0.5, 0.6) is 0 Å². The minimum atomic E-state index is -3.25. The number of nitrogens with one attached hydrogen (secondary N) is 2. The second-order valence-corrected chi connectivity index (χ2v) is 6.51. The first-order chi connectivity index (χ1) is 9.87. The molecule has 0 spiro atoms. The molecule has 1 aromatic heterocycles. The van der Waals surface area contributed by atoms with E-state index in [0.717, 1.165) is 17.5 Å². The summed E-state index contributed by atoms with van der Waals surface area (Å²) in [4.78, 5) is 0. The molecule has 0 radical (unpaired) electrons. The van der Waals surface area contributed by atoms with Crippen LogP contribution >= 0.6 is 0 Å². The molecule has 110 valence electrons. The number of anilines is 2. The van der Waals surface area contributed by atoms with Crippen LogP contribution in [-0.2, 0) is 23.6 Å². The smallest absolute Gasteiger partial charge is 0.229 e. The maximum absolute atomic E-state index is 11.1. The molecule has 0 atom stereocenters. The van der Waals surface area contributed by atoms with Crippen LogP contribution in [0.2, 0.25) is 0 Å². The van der Waals surface area contributed by atoms with Crippen molar-refractivity contribution in [3.63, 3.8) is 0 Å². The molecule has 0 unspecified atom stereocenters. The summed E-state index contributed by atoms with van der Waals surface area (Å²) in [6.07, 6.45) is 3.01. The maximum Gasteiger partial charge on any atom is 0.229 e. The van der Waals surface area contributed by atoms with Gasteiger partial charge < -0.3 is 9.88 Å². The SMILES string of the molecule is Cn1cc(CNc2ccc(NS(C)(=O)=O)cc2)cc1C#N. The first-order valence-electron chi connectivity index (χ1n) is 6.24. The molecular weight excluding hydrogens is 288 g/mol. The number of hydrogen-bond acceptors (Lipinski definition) is 4. The molecule has 6 nitrogen and oxygen atoms in total. The molecule has 0 amide bonds. The van der Waals surface area contributed by atoms with E-state index in [0.29, 0.717) is 17.9 Å². The van der Waals surface area contributed by atoms with Crippen LogP contribution in [0.1, 0.15) is 11.3 Å². The molecule has 21 heavy (non-hydrogen) atoms. The number of benzene rings is 1.